The Balaban J connectivity index is 2.37. The van der Waals surface area contributed by atoms with Gasteiger partial charge in [-0.2, -0.15) is 0 Å². The first-order valence-corrected chi connectivity index (χ1v) is 5.22. The molecule has 0 saturated carbocycles. The number of hydrogen-bond donors (Lipinski definition) is 1. The zero-order chi connectivity index (χ0) is 11.5. The topological polar surface area (TPSA) is 63.8 Å². The maximum Gasteiger partial charge on any atom is 0.182 e. The van der Waals surface area contributed by atoms with E-state index in [0.717, 1.165) is 12.1 Å². The molecule has 1 aromatic heterocycles. The largest absolute Gasteiger partial charge is 0.508 e. The van der Waals surface area contributed by atoms with Gasteiger partial charge in [0.25, 0.3) is 0 Å². The van der Waals surface area contributed by atoms with Crippen molar-refractivity contribution in [3.05, 3.63) is 24.3 Å². The molecule has 0 aliphatic heterocycles. The summed E-state index contributed by atoms with van der Waals surface area (Å²) in [4.78, 5) is 0. The first kappa shape index (κ1) is 10.6. The monoisotopic (exact) mass is 218 g/mol. The molecular weight excluding hydrogens is 204 g/mol. The predicted molar refractivity (Wildman–Crippen MR) is 59.8 cm³/mol. The van der Waals surface area contributed by atoms with Crippen molar-refractivity contribution in [1.29, 1.82) is 0 Å². The Morgan fingerprint density at radius 3 is 2.88 bits per heavy atom. The summed E-state index contributed by atoms with van der Waals surface area (Å²) in [5, 5.41) is 21.0. The van der Waals surface area contributed by atoms with Crippen molar-refractivity contribution in [1.82, 2.24) is 20.2 Å². The predicted octanol–water partition coefficient (Wildman–Crippen LogP) is 1.70. The zero-order valence-electron chi connectivity index (χ0n) is 9.33. The van der Waals surface area contributed by atoms with Crippen molar-refractivity contribution in [3.63, 3.8) is 0 Å². The Hall–Kier alpha value is -1.91. The van der Waals surface area contributed by atoms with Gasteiger partial charge in [0.05, 0.1) is 0 Å². The number of phenols is 1. The fraction of sp³-hybridized carbons (Fsp3) is 0.364. The van der Waals surface area contributed by atoms with Crippen LogP contribution in [-0.2, 0) is 6.54 Å². The standard InChI is InChI=1S/C11H14N4O/c1-8(2)7-15-11(12-13-14-15)9-4-3-5-10(16)6-9/h3-6,8,16H,7H2,1-2H3. The SMILES string of the molecule is CC(C)Cn1nnnc1-c1cccc(O)c1. The molecule has 0 aliphatic carbocycles. The molecule has 0 radical (unpaired) electrons. The van der Waals surface area contributed by atoms with E-state index < -0.39 is 0 Å². The number of tetrazole rings is 1. The molecule has 0 spiro atoms. The van der Waals surface area contributed by atoms with E-state index in [9.17, 15) is 5.11 Å². The van der Waals surface area contributed by atoms with Crippen molar-refractivity contribution < 1.29 is 5.11 Å². The highest BCUT2D eigenvalue weighted by atomic mass is 16.3. The lowest BCUT2D eigenvalue weighted by atomic mass is 10.2. The van der Waals surface area contributed by atoms with Crippen molar-refractivity contribution in [2.75, 3.05) is 0 Å². The fourth-order valence-corrected chi connectivity index (χ4v) is 1.53. The van der Waals surface area contributed by atoms with Crippen molar-refractivity contribution in [3.8, 4) is 17.1 Å². The minimum Gasteiger partial charge on any atom is -0.508 e. The molecule has 0 aliphatic rings. The molecule has 0 saturated heterocycles. The molecule has 0 atom stereocenters. The summed E-state index contributed by atoms with van der Waals surface area (Å²) < 4.78 is 1.75. The van der Waals surface area contributed by atoms with Gasteiger partial charge in [-0.25, -0.2) is 4.68 Å². The number of aromatic nitrogens is 4. The minimum atomic E-state index is 0.219. The van der Waals surface area contributed by atoms with Crippen LogP contribution in [0.3, 0.4) is 0 Å². The summed E-state index contributed by atoms with van der Waals surface area (Å²) in [5.41, 5.74) is 0.825. The van der Waals surface area contributed by atoms with Crippen molar-refractivity contribution in [2.24, 2.45) is 5.92 Å². The molecule has 16 heavy (non-hydrogen) atoms. The van der Waals surface area contributed by atoms with Gasteiger partial charge < -0.3 is 5.11 Å². The van der Waals surface area contributed by atoms with Crippen LogP contribution in [0.15, 0.2) is 24.3 Å². The van der Waals surface area contributed by atoms with Crippen LogP contribution in [0.4, 0.5) is 0 Å². The van der Waals surface area contributed by atoms with E-state index in [2.05, 4.69) is 29.4 Å². The number of aromatic hydroxyl groups is 1. The highest BCUT2D eigenvalue weighted by molar-refractivity contribution is 5.56. The molecule has 0 unspecified atom stereocenters. The second-order valence-electron chi connectivity index (χ2n) is 4.13. The molecule has 0 fully saturated rings. The Labute approximate surface area is 93.7 Å². The van der Waals surface area contributed by atoms with Crippen molar-refractivity contribution in [2.45, 2.75) is 20.4 Å². The Morgan fingerprint density at radius 2 is 2.19 bits per heavy atom. The van der Waals surface area contributed by atoms with E-state index in [1.54, 1.807) is 22.9 Å². The number of phenolic OH excluding ortho intramolecular Hbond substituents is 1. The van der Waals surface area contributed by atoms with E-state index >= 15 is 0 Å². The van der Waals surface area contributed by atoms with E-state index in [0.29, 0.717) is 11.7 Å². The summed E-state index contributed by atoms with van der Waals surface area (Å²) in [6, 6.07) is 6.93. The number of rotatable bonds is 3. The molecule has 0 bridgehead atoms. The summed E-state index contributed by atoms with van der Waals surface area (Å²) in [6.07, 6.45) is 0. The Kier molecular flexibility index (Phi) is 2.85. The average Bonchev–Trinajstić information content (AvgIpc) is 2.65. The summed E-state index contributed by atoms with van der Waals surface area (Å²) in [7, 11) is 0. The lowest BCUT2D eigenvalue weighted by Crippen LogP contribution is -2.08. The zero-order valence-corrected chi connectivity index (χ0v) is 9.33. The van der Waals surface area contributed by atoms with Gasteiger partial charge in [0.15, 0.2) is 5.82 Å². The van der Waals surface area contributed by atoms with Crippen LogP contribution >= 0.6 is 0 Å². The van der Waals surface area contributed by atoms with Gasteiger partial charge >= 0.3 is 0 Å². The van der Waals surface area contributed by atoms with E-state index in [1.165, 1.54) is 0 Å². The third-order valence-corrected chi connectivity index (χ3v) is 2.17. The van der Waals surface area contributed by atoms with E-state index in [1.807, 2.05) is 6.07 Å². The lowest BCUT2D eigenvalue weighted by molar-refractivity contribution is 0.472. The second kappa shape index (κ2) is 4.30. The second-order valence-corrected chi connectivity index (χ2v) is 4.13. The quantitative estimate of drug-likeness (QED) is 0.851. The highest BCUT2D eigenvalue weighted by Crippen LogP contribution is 2.20. The van der Waals surface area contributed by atoms with Gasteiger partial charge in [0.1, 0.15) is 5.75 Å². The molecule has 2 aromatic rings. The molecular formula is C11H14N4O. The van der Waals surface area contributed by atoms with Crippen molar-refractivity contribution >= 4 is 0 Å². The minimum absolute atomic E-state index is 0.219. The van der Waals surface area contributed by atoms with Crippen LogP contribution in [0.2, 0.25) is 0 Å². The molecule has 1 aromatic carbocycles. The van der Waals surface area contributed by atoms with Crippen LogP contribution in [0.1, 0.15) is 13.8 Å². The van der Waals surface area contributed by atoms with Crippen LogP contribution in [0, 0.1) is 5.92 Å². The van der Waals surface area contributed by atoms with Gasteiger partial charge in [0, 0.05) is 12.1 Å². The summed E-state index contributed by atoms with van der Waals surface area (Å²) in [6.45, 7) is 4.97. The lowest BCUT2D eigenvalue weighted by Gasteiger charge is -2.06. The van der Waals surface area contributed by atoms with E-state index in [4.69, 9.17) is 0 Å². The van der Waals surface area contributed by atoms with Crippen LogP contribution in [-0.4, -0.2) is 25.3 Å². The van der Waals surface area contributed by atoms with Gasteiger partial charge in [-0.1, -0.05) is 26.0 Å². The molecule has 5 heteroatoms. The van der Waals surface area contributed by atoms with Crippen LogP contribution in [0.5, 0.6) is 5.75 Å². The Bertz CT molecular complexity index is 478. The molecule has 1 N–H and O–H groups in total. The fourth-order valence-electron chi connectivity index (χ4n) is 1.53. The summed E-state index contributed by atoms with van der Waals surface area (Å²) >= 11 is 0. The first-order valence-electron chi connectivity index (χ1n) is 5.22. The number of benzene rings is 1. The maximum absolute atomic E-state index is 9.41. The normalized spacial score (nSPS) is 10.9. The molecule has 5 nitrogen and oxygen atoms in total. The van der Waals surface area contributed by atoms with Gasteiger partial charge in [-0.3, -0.25) is 0 Å². The molecule has 0 amide bonds. The smallest absolute Gasteiger partial charge is 0.182 e. The molecule has 2 rings (SSSR count). The van der Waals surface area contributed by atoms with Gasteiger partial charge in [0.2, 0.25) is 0 Å². The van der Waals surface area contributed by atoms with Crippen LogP contribution < -0.4 is 0 Å². The molecule has 84 valence electrons. The summed E-state index contributed by atoms with van der Waals surface area (Å²) in [5.74, 6) is 1.38. The third-order valence-electron chi connectivity index (χ3n) is 2.17. The number of nitrogens with zero attached hydrogens (tertiary/aromatic N) is 4. The number of hydrogen-bond acceptors (Lipinski definition) is 4. The van der Waals surface area contributed by atoms with Gasteiger partial charge in [-0.05, 0) is 28.5 Å². The van der Waals surface area contributed by atoms with Crippen LogP contribution in [0.25, 0.3) is 11.4 Å². The van der Waals surface area contributed by atoms with Gasteiger partial charge in [-0.15, -0.1) is 5.10 Å². The molecule has 1 heterocycles. The van der Waals surface area contributed by atoms with E-state index in [-0.39, 0.29) is 5.75 Å². The maximum atomic E-state index is 9.41. The third kappa shape index (κ3) is 2.18. The first-order chi connectivity index (χ1) is 7.66. The highest BCUT2D eigenvalue weighted by Gasteiger charge is 2.10. The average molecular weight is 218 g/mol. The Morgan fingerprint density at radius 1 is 1.38 bits per heavy atom.